The number of hydrogen-bond donors (Lipinski definition) is 0. The molecular formula is C10H7F6N. The van der Waals surface area contributed by atoms with E-state index in [4.69, 9.17) is 0 Å². The molecule has 0 aromatic heterocycles. The molecule has 0 aliphatic carbocycles. The number of benzene rings is 1. The minimum atomic E-state index is -5.49. The van der Waals surface area contributed by atoms with Crippen molar-refractivity contribution in [1.82, 2.24) is 0 Å². The first kappa shape index (κ1) is 13.5. The van der Waals surface area contributed by atoms with Gasteiger partial charge in [-0.1, -0.05) is 30.3 Å². The maximum Gasteiger partial charge on any atom is 0.438 e. The zero-order chi connectivity index (χ0) is 13.1. The van der Waals surface area contributed by atoms with Crippen LogP contribution in [0, 0.1) is 0 Å². The molecule has 0 atom stereocenters. The third-order valence-electron chi connectivity index (χ3n) is 1.80. The summed E-state index contributed by atoms with van der Waals surface area (Å²) >= 11 is 0. The van der Waals surface area contributed by atoms with E-state index in [1.165, 1.54) is 24.3 Å². The van der Waals surface area contributed by atoms with Gasteiger partial charge in [-0.05, 0) is 5.56 Å². The zero-order valence-corrected chi connectivity index (χ0v) is 8.31. The van der Waals surface area contributed by atoms with Gasteiger partial charge in [-0.3, -0.25) is 4.99 Å². The molecule has 0 unspecified atom stereocenters. The zero-order valence-electron chi connectivity index (χ0n) is 8.31. The second-order valence-corrected chi connectivity index (χ2v) is 3.15. The smallest absolute Gasteiger partial charge is 0.272 e. The molecule has 0 saturated carbocycles. The molecule has 7 heteroatoms. The molecule has 1 nitrogen and oxygen atoms in total. The highest BCUT2D eigenvalue weighted by molar-refractivity contribution is 5.94. The van der Waals surface area contributed by atoms with Crippen molar-refractivity contribution in [3.8, 4) is 0 Å². The van der Waals surface area contributed by atoms with Crippen LogP contribution in [-0.2, 0) is 6.54 Å². The van der Waals surface area contributed by atoms with Gasteiger partial charge >= 0.3 is 12.4 Å². The summed E-state index contributed by atoms with van der Waals surface area (Å²) in [4.78, 5) is 2.60. The summed E-state index contributed by atoms with van der Waals surface area (Å²) < 4.78 is 72.4. The van der Waals surface area contributed by atoms with Crippen molar-refractivity contribution in [2.75, 3.05) is 0 Å². The Morgan fingerprint density at radius 2 is 1.35 bits per heavy atom. The number of nitrogens with zero attached hydrogens (tertiary/aromatic N) is 1. The largest absolute Gasteiger partial charge is 0.438 e. The van der Waals surface area contributed by atoms with Crippen molar-refractivity contribution in [3.05, 3.63) is 35.9 Å². The molecule has 0 radical (unpaired) electrons. The number of alkyl halides is 6. The van der Waals surface area contributed by atoms with Crippen LogP contribution in [0.5, 0.6) is 0 Å². The van der Waals surface area contributed by atoms with Gasteiger partial charge in [0, 0.05) is 0 Å². The molecular weight excluding hydrogens is 248 g/mol. The second kappa shape index (κ2) is 4.77. The van der Waals surface area contributed by atoms with E-state index in [-0.39, 0.29) is 5.56 Å². The van der Waals surface area contributed by atoms with Crippen LogP contribution in [0.3, 0.4) is 0 Å². The predicted octanol–water partition coefficient (Wildman–Crippen LogP) is 3.75. The minimum absolute atomic E-state index is 0.276. The molecule has 1 aromatic carbocycles. The summed E-state index contributed by atoms with van der Waals surface area (Å²) in [6, 6.07) is 7.40. The maximum absolute atomic E-state index is 12.1. The first-order valence-electron chi connectivity index (χ1n) is 4.44. The number of rotatable bonds is 2. The molecule has 0 bridgehead atoms. The molecule has 0 fully saturated rings. The Labute approximate surface area is 92.8 Å². The van der Waals surface area contributed by atoms with E-state index in [0.717, 1.165) is 0 Å². The number of hydrogen-bond acceptors (Lipinski definition) is 1. The molecule has 0 aliphatic heterocycles. The fourth-order valence-electron chi connectivity index (χ4n) is 1.09. The van der Waals surface area contributed by atoms with E-state index in [1.54, 1.807) is 6.07 Å². The van der Waals surface area contributed by atoms with Gasteiger partial charge in [0.05, 0.1) is 6.54 Å². The lowest BCUT2D eigenvalue weighted by atomic mass is 10.2. The van der Waals surface area contributed by atoms with E-state index in [0.29, 0.717) is 0 Å². The Morgan fingerprint density at radius 3 is 1.76 bits per heavy atom. The molecule has 0 N–H and O–H groups in total. The molecule has 17 heavy (non-hydrogen) atoms. The van der Waals surface area contributed by atoms with Crippen molar-refractivity contribution in [2.45, 2.75) is 18.9 Å². The van der Waals surface area contributed by atoms with Gasteiger partial charge < -0.3 is 0 Å². The van der Waals surface area contributed by atoms with E-state index in [9.17, 15) is 26.3 Å². The maximum atomic E-state index is 12.1. The topological polar surface area (TPSA) is 12.4 Å². The SMILES string of the molecule is FC(F)(F)C(=NCc1ccccc1)C(F)(F)F. The highest BCUT2D eigenvalue weighted by atomic mass is 19.4. The van der Waals surface area contributed by atoms with Gasteiger partial charge in [-0.25, -0.2) is 0 Å². The van der Waals surface area contributed by atoms with E-state index in [2.05, 4.69) is 4.99 Å². The molecule has 0 saturated heterocycles. The summed E-state index contributed by atoms with van der Waals surface area (Å²) in [5, 5.41) is 0. The highest BCUT2D eigenvalue weighted by Gasteiger charge is 2.52. The van der Waals surface area contributed by atoms with Crippen LogP contribution in [0.2, 0.25) is 0 Å². The average Bonchev–Trinajstić information content (AvgIpc) is 2.15. The van der Waals surface area contributed by atoms with Crippen LogP contribution in [-0.4, -0.2) is 18.1 Å². The monoisotopic (exact) mass is 255 g/mol. The summed E-state index contributed by atoms with van der Waals surface area (Å²) in [6.45, 7) is -0.658. The molecule has 0 amide bonds. The lowest BCUT2D eigenvalue weighted by Gasteiger charge is -2.13. The third kappa shape index (κ3) is 4.08. The minimum Gasteiger partial charge on any atom is -0.272 e. The van der Waals surface area contributed by atoms with Crippen molar-refractivity contribution in [1.29, 1.82) is 0 Å². The van der Waals surface area contributed by atoms with Crippen LogP contribution in [0.4, 0.5) is 26.3 Å². The third-order valence-corrected chi connectivity index (χ3v) is 1.80. The standard InChI is InChI=1S/C10H7F6N/c11-9(12,13)8(10(14,15)16)17-6-7-4-2-1-3-5-7/h1-5H,6H2. The highest BCUT2D eigenvalue weighted by Crippen LogP contribution is 2.30. The Balaban J connectivity index is 2.93. The average molecular weight is 255 g/mol. The van der Waals surface area contributed by atoms with Crippen molar-refractivity contribution in [2.24, 2.45) is 4.99 Å². The predicted molar refractivity (Wildman–Crippen MR) is 49.7 cm³/mol. The van der Waals surface area contributed by atoms with Gasteiger partial charge in [-0.15, -0.1) is 0 Å². The fraction of sp³-hybridized carbons (Fsp3) is 0.300. The van der Waals surface area contributed by atoms with Crippen LogP contribution in [0.25, 0.3) is 0 Å². The lowest BCUT2D eigenvalue weighted by Crippen LogP contribution is -2.37. The molecule has 0 spiro atoms. The summed E-state index contributed by atoms with van der Waals surface area (Å²) in [6.07, 6.45) is -11.0. The van der Waals surface area contributed by atoms with Gasteiger partial charge in [0.2, 0.25) is 5.71 Å². The van der Waals surface area contributed by atoms with E-state index >= 15 is 0 Å². The Hall–Kier alpha value is -1.53. The van der Waals surface area contributed by atoms with Gasteiger partial charge in [0.25, 0.3) is 0 Å². The number of aliphatic imine (C=N–C) groups is 1. The quantitative estimate of drug-likeness (QED) is 0.563. The molecule has 94 valence electrons. The second-order valence-electron chi connectivity index (χ2n) is 3.15. The van der Waals surface area contributed by atoms with E-state index < -0.39 is 24.6 Å². The Kier molecular flexibility index (Phi) is 3.79. The summed E-state index contributed by atoms with van der Waals surface area (Å²) in [7, 11) is 0. The van der Waals surface area contributed by atoms with Crippen molar-refractivity contribution in [3.63, 3.8) is 0 Å². The van der Waals surface area contributed by atoms with Crippen LogP contribution < -0.4 is 0 Å². The van der Waals surface area contributed by atoms with Gasteiger partial charge in [0.1, 0.15) is 0 Å². The summed E-state index contributed by atoms with van der Waals surface area (Å²) in [5.74, 6) is 0. The Bertz CT molecular complexity index is 373. The van der Waals surface area contributed by atoms with Crippen molar-refractivity contribution >= 4 is 5.71 Å². The van der Waals surface area contributed by atoms with Gasteiger partial charge in [-0.2, -0.15) is 26.3 Å². The van der Waals surface area contributed by atoms with Crippen LogP contribution in [0.1, 0.15) is 5.56 Å². The molecule has 0 heterocycles. The first-order valence-corrected chi connectivity index (χ1v) is 4.44. The van der Waals surface area contributed by atoms with Crippen LogP contribution in [0.15, 0.2) is 35.3 Å². The summed E-state index contributed by atoms with van der Waals surface area (Å²) in [5.41, 5.74) is -2.44. The van der Waals surface area contributed by atoms with Crippen LogP contribution >= 0.6 is 0 Å². The molecule has 1 aromatic rings. The molecule has 1 rings (SSSR count). The molecule has 0 aliphatic rings. The van der Waals surface area contributed by atoms with Gasteiger partial charge in [0.15, 0.2) is 0 Å². The number of halogens is 6. The first-order chi connectivity index (χ1) is 7.71. The van der Waals surface area contributed by atoms with E-state index in [1.807, 2.05) is 0 Å². The lowest BCUT2D eigenvalue weighted by molar-refractivity contribution is -0.118. The van der Waals surface area contributed by atoms with Crippen molar-refractivity contribution < 1.29 is 26.3 Å². The fourth-order valence-corrected chi connectivity index (χ4v) is 1.09. The normalized spacial score (nSPS) is 12.4. The Morgan fingerprint density at radius 1 is 0.882 bits per heavy atom.